The Balaban J connectivity index is 1.88. The van der Waals surface area contributed by atoms with Gasteiger partial charge in [-0.15, -0.1) is 0 Å². The molecule has 0 aromatic carbocycles. The zero-order chi connectivity index (χ0) is 13.2. The minimum absolute atomic E-state index is 0.406. The average Bonchev–Trinajstić information content (AvgIpc) is 3.09. The first-order chi connectivity index (χ1) is 9.28. The van der Waals surface area contributed by atoms with Gasteiger partial charge in [-0.2, -0.15) is 0 Å². The lowest BCUT2D eigenvalue weighted by Gasteiger charge is -2.21. The number of rotatable bonds is 4. The van der Waals surface area contributed by atoms with Crippen LogP contribution < -0.4 is 16.6 Å². The predicted molar refractivity (Wildman–Crippen MR) is 75.8 cm³/mol. The molecule has 6 nitrogen and oxygen atoms in total. The Kier molecular flexibility index (Phi) is 3.25. The Morgan fingerprint density at radius 2 is 2.21 bits per heavy atom. The van der Waals surface area contributed by atoms with Crippen molar-refractivity contribution in [1.29, 1.82) is 0 Å². The van der Waals surface area contributed by atoms with Crippen molar-refractivity contribution in [3.63, 3.8) is 0 Å². The van der Waals surface area contributed by atoms with Gasteiger partial charge >= 0.3 is 0 Å². The molecule has 0 saturated heterocycles. The number of hydrogen-bond donors (Lipinski definition) is 3. The molecule has 1 aliphatic rings. The Morgan fingerprint density at radius 3 is 2.95 bits per heavy atom. The van der Waals surface area contributed by atoms with Crippen LogP contribution in [0.4, 0.5) is 11.6 Å². The van der Waals surface area contributed by atoms with Gasteiger partial charge in [0, 0.05) is 18.4 Å². The van der Waals surface area contributed by atoms with Gasteiger partial charge in [-0.05, 0) is 25.7 Å². The van der Waals surface area contributed by atoms with Crippen molar-refractivity contribution < 1.29 is 0 Å². The number of anilines is 2. The summed E-state index contributed by atoms with van der Waals surface area (Å²) in [5.74, 6) is 7.61. The van der Waals surface area contributed by atoms with E-state index < -0.39 is 0 Å². The van der Waals surface area contributed by atoms with E-state index in [4.69, 9.17) is 5.84 Å². The molecule has 19 heavy (non-hydrogen) atoms. The quantitative estimate of drug-likeness (QED) is 0.579. The zero-order valence-corrected chi connectivity index (χ0v) is 11.1. The third kappa shape index (κ3) is 2.35. The van der Waals surface area contributed by atoms with Crippen LogP contribution >= 0.6 is 0 Å². The van der Waals surface area contributed by atoms with Gasteiger partial charge in [0.25, 0.3) is 0 Å². The smallest absolute Gasteiger partial charge is 0.180 e. The molecule has 0 aliphatic heterocycles. The van der Waals surface area contributed by atoms with Gasteiger partial charge in [0.1, 0.15) is 0 Å². The van der Waals surface area contributed by atoms with Gasteiger partial charge in [0.05, 0.1) is 6.20 Å². The summed E-state index contributed by atoms with van der Waals surface area (Å²) in [5, 5.41) is 3.50. The Labute approximate surface area is 112 Å². The third-order valence-electron chi connectivity index (χ3n) is 3.99. The topological polar surface area (TPSA) is 80.3 Å². The van der Waals surface area contributed by atoms with Gasteiger partial charge < -0.3 is 15.1 Å². The Bertz CT molecular complexity index is 557. The highest BCUT2D eigenvalue weighted by Gasteiger charge is 2.22. The fourth-order valence-corrected chi connectivity index (χ4v) is 2.89. The highest BCUT2D eigenvalue weighted by Crippen LogP contribution is 2.29. The van der Waals surface area contributed by atoms with Crippen LogP contribution in [-0.2, 0) is 0 Å². The maximum absolute atomic E-state index is 5.46. The van der Waals surface area contributed by atoms with Crippen LogP contribution in [0.1, 0.15) is 32.6 Å². The summed E-state index contributed by atoms with van der Waals surface area (Å²) in [4.78, 5) is 8.82. The van der Waals surface area contributed by atoms with Crippen molar-refractivity contribution in [1.82, 2.24) is 14.4 Å². The molecule has 2 aromatic rings. The summed E-state index contributed by atoms with van der Waals surface area (Å²) in [7, 11) is 0. The van der Waals surface area contributed by atoms with E-state index in [0.29, 0.717) is 11.9 Å². The first kappa shape index (κ1) is 12.2. The zero-order valence-electron chi connectivity index (χ0n) is 11.1. The number of hydrazine groups is 1. The second-order valence-electron chi connectivity index (χ2n) is 5.25. The number of nitrogens with zero attached hydrogens (tertiary/aromatic N) is 3. The van der Waals surface area contributed by atoms with Crippen LogP contribution in [0.25, 0.3) is 5.65 Å². The minimum Gasteiger partial charge on any atom is -0.364 e. The molecule has 3 rings (SSSR count). The molecule has 1 atom stereocenters. The molecule has 4 N–H and O–H groups in total. The molecule has 2 heterocycles. The maximum atomic E-state index is 5.46. The summed E-state index contributed by atoms with van der Waals surface area (Å²) in [5.41, 5.74) is 3.43. The normalized spacial score (nSPS) is 17.8. The van der Waals surface area contributed by atoms with Crippen LogP contribution in [0.5, 0.6) is 0 Å². The molecule has 6 heteroatoms. The van der Waals surface area contributed by atoms with Crippen molar-refractivity contribution in [3.05, 3.63) is 18.6 Å². The fourth-order valence-electron chi connectivity index (χ4n) is 2.89. The lowest BCUT2D eigenvalue weighted by molar-refractivity contribution is 0.481. The Morgan fingerprint density at radius 1 is 1.42 bits per heavy atom. The SMILES string of the molecule is CC(Nc1nc(NN)cn2ccnc12)C1CCCC1. The molecule has 1 unspecified atom stereocenters. The molecule has 0 bridgehead atoms. The monoisotopic (exact) mass is 260 g/mol. The molecule has 2 aromatic heterocycles. The van der Waals surface area contributed by atoms with Gasteiger partial charge in [-0.1, -0.05) is 12.8 Å². The maximum Gasteiger partial charge on any atom is 0.180 e. The first-order valence-corrected chi connectivity index (χ1v) is 6.85. The lowest BCUT2D eigenvalue weighted by atomic mass is 10.00. The lowest BCUT2D eigenvalue weighted by Crippen LogP contribution is -2.25. The molecular formula is C13H20N6. The van der Waals surface area contributed by atoms with Crippen LogP contribution in [0, 0.1) is 5.92 Å². The van der Waals surface area contributed by atoms with Crippen molar-refractivity contribution in [3.8, 4) is 0 Å². The second kappa shape index (κ2) is 5.05. The fraction of sp³-hybridized carbons (Fsp3) is 0.538. The number of aromatic nitrogens is 3. The summed E-state index contributed by atoms with van der Waals surface area (Å²) in [6, 6.07) is 0.406. The van der Waals surface area contributed by atoms with E-state index in [1.807, 2.05) is 16.8 Å². The van der Waals surface area contributed by atoms with Crippen LogP contribution in [0.2, 0.25) is 0 Å². The number of nitrogens with two attached hydrogens (primary N) is 1. The van der Waals surface area contributed by atoms with Crippen molar-refractivity contribution in [2.24, 2.45) is 11.8 Å². The molecule has 0 amide bonds. The van der Waals surface area contributed by atoms with Gasteiger partial charge in [-0.3, -0.25) is 0 Å². The van der Waals surface area contributed by atoms with Crippen LogP contribution in [-0.4, -0.2) is 20.4 Å². The van der Waals surface area contributed by atoms with Crippen molar-refractivity contribution >= 4 is 17.3 Å². The average molecular weight is 260 g/mol. The number of fused-ring (bicyclic) bond motifs is 1. The molecule has 0 spiro atoms. The highest BCUT2D eigenvalue weighted by molar-refractivity contribution is 5.65. The van der Waals surface area contributed by atoms with Gasteiger partial charge in [0.2, 0.25) is 0 Å². The molecule has 1 saturated carbocycles. The molecule has 0 radical (unpaired) electrons. The summed E-state index contributed by atoms with van der Waals surface area (Å²) in [6.07, 6.45) is 10.8. The minimum atomic E-state index is 0.406. The third-order valence-corrected chi connectivity index (χ3v) is 3.99. The largest absolute Gasteiger partial charge is 0.364 e. The van der Waals surface area contributed by atoms with Crippen LogP contribution in [0.3, 0.4) is 0 Å². The van der Waals surface area contributed by atoms with Crippen molar-refractivity contribution in [2.75, 3.05) is 10.7 Å². The number of imidazole rings is 1. The molecule has 102 valence electrons. The van der Waals surface area contributed by atoms with E-state index >= 15 is 0 Å². The van der Waals surface area contributed by atoms with Crippen molar-refractivity contribution in [2.45, 2.75) is 38.6 Å². The Hall–Kier alpha value is -1.82. The van der Waals surface area contributed by atoms with E-state index in [9.17, 15) is 0 Å². The summed E-state index contributed by atoms with van der Waals surface area (Å²) in [6.45, 7) is 2.22. The highest BCUT2D eigenvalue weighted by atomic mass is 15.3. The van der Waals surface area contributed by atoms with E-state index in [1.165, 1.54) is 25.7 Å². The second-order valence-corrected chi connectivity index (χ2v) is 5.25. The predicted octanol–water partition coefficient (Wildman–Crippen LogP) is 2.01. The van der Waals surface area contributed by atoms with Crippen LogP contribution in [0.15, 0.2) is 18.6 Å². The standard InChI is InChI=1S/C13H20N6/c1-9(10-4-2-3-5-10)16-12-13-15-6-7-19(13)8-11(17-12)18-14/h6-10,18H,2-5,14H2,1H3,(H,16,17). The molecular weight excluding hydrogens is 240 g/mol. The van der Waals surface area contributed by atoms with E-state index in [0.717, 1.165) is 17.4 Å². The number of hydrogen-bond acceptors (Lipinski definition) is 5. The molecule has 1 aliphatic carbocycles. The number of nitrogen functional groups attached to an aromatic ring is 1. The van der Waals surface area contributed by atoms with E-state index in [-0.39, 0.29) is 0 Å². The van der Waals surface area contributed by atoms with Gasteiger partial charge in [-0.25, -0.2) is 15.8 Å². The first-order valence-electron chi connectivity index (χ1n) is 6.85. The van der Waals surface area contributed by atoms with Gasteiger partial charge in [0.15, 0.2) is 17.3 Å². The number of nitrogens with one attached hydrogen (secondary N) is 2. The summed E-state index contributed by atoms with van der Waals surface area (Å²) < 4.78 is 1.92. The van der Waals surface area contributed by atoms with E-state index in [2.05, 4.69) is 27.6 Å². The van der Waals surface area contributed by atoms with E-state index in [1.54, 1.807) is 6.20 Å². The molecule has 1 fully saturated rings. The summed E-state index contributed by atoms with van der Waals surface area (Å²) >= 11 is 0.